The fourth-order valence-electron chi connectivity index (χ4n) is 2.04. The van der Waals surface area contributed by atoms with Crippen LogP contribution in [-0.2, 0) is 4.79 Å². The summed E-state index contributed by atoms with van der Waals surface area (Å²) in [4.78, 5) is 11.8. The third-order valence-corrected chi connectivity index (χ3v) is 2.85. The van der Waals surface area contributed by atoms with Crippen LogP contribution in [0.2, 0.25) is 0 Å². The van der Waals surface area contributed by atoms with Gasteiger partial charge < -0.3 is 15.8 Å². The molecule has 2 rings (SSSR count). The number of hydrogen-bond donors (Lipinski definition) is 2. The van der Waals surface area contributed by atoms with Crippen molar-refractivity contribution in [3.05, 3.63) is 53.6 Å². The number of nitrogens with one attached hydrogen (secondary N) is 1. The minimum absolute atomic E-state index is 0.0665. The van der Waals surface area contributed by atoms with Gasteiger partial charge >= 0.3 is 0 Å². The summed E-state index contributed by atoms with van der Waals surface area (Å²) in [5.74, 6) is 0.356. The lowest BCUT2D eigenvalue weighted by molar-refractivity contribution is -0.118. The first-order chi connectivity index (χ1) is 9.56. The van der Waals surface area contributed by atoms with Gasteiger partial charge in [-0.15, -0.1) is 0 Å². The molecule has 0 unspecified atom stereocenters. The van der Waals surface area contributed by atoms with Crippen LogP contribution in [0.3, 0.4) is 0 Å². The summed E-state index contributed by atoms with van der Waals surface area (Å²) >= 11 is 0. The summed E-state index contributed by atoms with van der Waals surface area (Å²) in [5.41, 5.74) is 9.20. The van der Waals surface area contributed by atoms with Crippen molar-refractivity contribution in [3.63, 3.8) is 0 Å². The Morgan fingerprint density at radius 1 is 1.20 bits per heavy atom. The highest BCUT2D eigenvalue weighted by atomic mass is 16.5. The van der Waals surface area contributed by atoms with E-state index in [0.717, 1.165) is 16.8 Å². The van der Waals surface area contributed by atoms with E-state index in [4.69, 9.17) is 10.5 Å². The molecular weight excluding hydrogens is 252 g/mol. The number of ether oxygens (including phenoxy) is 1. The van der Waals surface area contributed by atoms with Gasteiger partial charge in [-0.05, 0) is 43.2 Å². The number of aryl methyl sites for hydroxylation is 2. The second kappa shape index (κ2) is 6.10. The standard InChI is InChI=1S/C16H18N2O2/c1-11-8-12(2)16(14(17)9-11)20-10-15(19)18-13-6-4-3-5-7-13/h3-9H,10,17H2,1-2H3,(H,18,19). The highest BCUT2D eigenvalue weighted by molar-refractivity contribution is 5.91. The smallest absolute Gasteiger partial charge is 0.262 e. The topological polar surface area (TPSA) is 64.3 Å². The number of carbonyl (C=O) groups excluding carboxylic acids is 1. The molecule has 1 amide bonds. The van der Waals surface area contributed by atoms with Crippen LogP contribution in [0.4, 0.5) is 11.4 Å². The normalized spacial score (nSPS) is 10.1. The van der Waals surface area contributed by atoms with Crippen LogP contribution < -0.4 is 15.8 Å². The molecule has 0 spiro atoms. The molecule has 104 valence electrons. The number of para-hydroxylation sites is 1. The molecule has 0 radical (unpaired) electrons. The van der Waals surface area contributed by atoms with Gasteiger partial charge in [0.2, 0.25) is 0 Å². The second-order valence-electron chi connectivity index (χ2n) is 4.70. The van der Waals surface area contributed by atoms with Gasteiger partial charge in [-0.2, -0.15) is 0 Å². The summed E-state index contributed by atoms with van der Waals surface area (Å²) < 4.78 is 5.52. The largest absolute Gasteiger partial charge is 0.481 e. The minimum Gasteiger partial charge on any atom is -0.481 e. The summed E-state index contributed by atoms with van der Waals surface area (Å²) in [6, 6.07) is 13.1. The fraction of sp³-hybridized carbons (Fsp3) is 0.188. The zero-order chi connectivity index (χ0) is 14.5. The van der Waals surface area contributed by atoms with E-state index in [0.29, 0.717) is 11.4 Å². The molecule has 0 bridgehead atoms. The Labute approximate surface area is 118 Å². The maximum absolute atomic E-state index is 11.8. The lowest BCUT2D eigenvalue weighted by atomic mass is 10.1. The Balaban J connectivity index is 1.97. The number of benzene rings is 2. The van der Waals surface area contributed by atoms with E-state index in [1.165, 1.54) is 0 Å². The third-order valence-electron chi connectivity index (χ3n) is 2.85. The number of anilines is 2. The van der Waals surface area contributed by atoms with E-state index in [-0.39, 0.29) is 12.5 Å². The van der Waals surface area contributed by atoms with Crippen LogP contribution in [0.25, 0.3) is 0 Å². The van der Waals surface area contributed by atoms with Crippen LogP contribution >= 0.6 is 0 Å². The molecule has 4 nitrogen and oxygen atoms in total. The van der Waals surface area contributed by atoms with Crippen LogP contribution in [0.1, 0.15) is 11.1 Å². The van der Waals surface area contributed by atoms with Crippen LogP contribution in [-0.4, -0.2) is 12.5 Å². The zero-order valence-corrected chi connectivity index (χ0v) is 11.6. The van der Waals surface area contributed by atoms with Gasteiger partial charge in [0, 0.05) is 5.69 Å². The average molecular weight is 270 g/mol. The van der Waals surface area contributed by atoms with E-state index >= 15 is 0 Å². The first-order valence-corrected chi connectivity index (χ1v) is 6.40. The molecule has 0 aromatic heterocycles. The van der Waals surface area contributed by atoms with Crippen molar-refractivity contribution in [2.24, 2.45) is 0 Å². The Morgan fingerprint density at radius 2 is 1.90 bits per heavy atom. The van der Waals surface area contributed by atoms with Crippen molar-refractivity contribution in [2.45, 2.75) is 13.8 Å². The molecule has 0 saturated carbocycles. The summed E-state index contributed by atoms with van der Waals surface area (Å²) in [7, 11) is 0. The van der Waals surface area contributed by atoms with Gasteiger partial charge in [0.15, 0.2) is 6.61 Å². The van der Waals surface area contributed by atoms with Gasteiger partial charge in [-0.1, -0.05) is 24.3 Å². The molecule has 3 N–H and O–H groups in total. The van der Waals surface area contributed by atoms with Crippen molar-refractivity contribution in [2.75, 3.05) is 17.7 Å². The van der Waals surface area contributed by atoms with Crippen molar-refractivity contribution in [1.82, 2.24) is 0 Å². The van der Waals surface area contributed by atoms with E-state index in [1.807, 2.05) is 56.3 Å². The summed E-state index contributed by atoms with van der Waals surface area (Å²) in [5, 5.41) is 2.76. The van der Waals surface area contributed by atoms with E-state index in [2.05, 4.69) is 5.32 Å². The predicted octanol–water partition coefficient (Wildman–Crippen LogP) is 2.90. The third kappa shape index (κ3) is 3.51. The van der Waals surface area contributed by atoms with E-state index in [9.17, 15) is 4.79 Å². The molecule has 0 fully saturated rings. The second-order valence-corrected chi connectivity index (χ2v) is 4.70. The molecule has 4 heteroatoms. The molecule has 0 aliphatic heterocycles. The Hall–Kier alpha value is -2.49. The Kier molecular flexibility index (Phi) is 4.25. The van der Waals surface area contributed by atoms with Crippen LogP contribution in [0.15, 0.2) is 42.5 Å². The molecule has 20 heavy (non-hydrogen) atoms. The summed E-state index contributed by atoms with van der Waals surface area (Å²) in [6.45, 7) is 3.81. The SMILES string of the molecule is Cc1cc(C)c(OCC(=O)Nc2ccccc2)c(N)c1. The number of rotatable bonds is 4. The predicted molar refractivity (Wildman–Crippen MR) is 80.9 cm³/mol. The monoisotopic (exact) mass is 270 g/mol. The highest BCUT2D eigenvalue weighted by Gasteiger charge is 2.09. The van der Waals surface area contributed by atoms with Gasteiger partial charge in [-0.3, -0.25) is 4.79 Å². The lowest BCUT2D eigenvalue weighted by Gasteiger charge is -2.12. The molecule has 2 aromatic carbocycles. The van der Waals surface area contributed by atoms with Gasteiger partial charge in [0.05, 0.1) is 5.69 Å². The van der Waals surface area contributed by atoms with Gasteiger partial charge in [0.25, 0.3) is 5.91 Å². The molecule has 0 atom stereocenters. The lowest BCUT2D eigenvalue weighted by Crippen LogP contribution is -2.20. The quantitative estimate of drug-likeness (QED) is 0.840. The van der Waals surface area contributed by atoms with Crippen LogP contribution in [0, 0.1) is 13.8 Å². The maximum Gasteiger partial charge on any atom is 0.262 e. The summed E-state index contributed by atoms with van der Waals surface area (Å²) in [6.07, 6.45) is 0. The molecule has 0 saturated heterocycles. The first-order valence-electron chi connectivity index (χ1n) is 6.40. The maximum atomic E-state index is 11.8. The molecular formula is C16H18N2O2. The first kappa shape index (κ1) is 13.9. The Bertz CT molecular complexity index is 586. The van der Waals surface area contributed by atoms with Crippen molar-refractivity contribution in [3.8, 4) is 5.75 Å². The minimum atomic E-state index is -0.212. The Morgan fingerprint density at radius 3 is 2.55 bits per heavy atom. The molecule has 0 aliphatic rings. The number of amides is 1. The van der Waals surface area contributed by atoms with Crippen molar-refractivity contribution >= 4 is 17.3 Å². The van der Waals surface area contributed by atoms with E-state index < -0.39 is 0 Å². The number of carbonyl (C=O) groups is 1. The van der Waals surface area contributed by atoms with Gasteiger partial charge in [-0.25, -0.2) is 0 Å². The zero-order valence-electron chi connectivity index (χ0n) is 11.6. The number of hydrogen-bond acceptors (Lipinski definition) is 3. The molecule has 0 heterocycles. The van der Waals surface area contributed by atoms with Gasteiger partial charge in [0.1, 0.15) is 5.75 Å². The van der Waals surface area contributed by atoms with Crippen LogP contribution in [0.5, 0.6) is 5.75 Å². The average Bonchev–Trinajstić information content (AvgIpc) is 2.38. The van der Waals surface area contributed by atoms with E-state index in [1.54, 1.807) is 0 Å². The number of nitrogen functional groups attached to an aromatic ring is 1. The van der Waals surface area contributed by atoms with Crippen molar-refractivity contribution < 1.29 is 9.53 Å². The molecule has 2 aromatic rings. The van der Waals surface area contributed by atoms with Crippen molar-refractivity contribution in [1.29, 1.82) is 0 Å². The fourth-order valence-corrected chi connectivity index (χ4v) is 2.04. The molecule has 0 aliphatic carbocycles. The number of nitrogens with two attached hydrogens (primary N) is 1. The highest BCUT2D eigenvalue weighted by Crippen LogP contribution is 2.27.